The van der Waals surface area contributed by atoms with E-state index in [-0.39, 0.29) is 80.0 Å². The van der Waals surface area contributed by atoms with Crippen molar-refractivity contribution in [2.75, 3.05) is 6.61 Å². The summed E-state index contributed by atoms with van der Waals surface area (Å²) in [5, 5.41) is 84.3. The number of nitrogens with zero attached hydrogens (tertiary/aromatic N) is 1. The zero-order valence-electron chi connectivity index (χ0n) is 43.0. The molecule has 1 aromatic rings. The molecule has 14 atom stereocenters. The Hall–Kier alpha value is -5.16. The van der Waals surface area contributed by atoms with Crippen LogP contribution in [0.2, 0.25) is 0 Å². The predicted octanol–water partition coefficient (Wildman–Crippen LogP) is 6.56. The summed E-state index contributed by atoms with van der Waals surface area (Å²) in [6, 6.07) is 8.31. The Morgan fingerprint density at radius 1 is 0.905 bits per heavy atom. The standard InChI is InChI=1S/C62H69N3O9/c1-33(49(69)70)39-18-25-56(65-51(63)64)26-27-57-46-43-36(16-17-40(43)61(39,73)62(56,74)50(57)55(32-66)21-10-11-22-55)29-38-30-58(71)44(37-15-14-34-12-6-7-13-35(34)28-37)47-52(2)20-8-5-9-23-59(60(38,46)72)48(58)45(41(67)31-54(57,59)4)53(47,3)24-19-42(52)68/h6-7,12-13,17,26-28,30,44,46-47,50,66,71-74H,9-11,14-16,18-25,29,31-32H2,1-4H3,(H,69,70)(H4,63,64,65). The molecule has 10 N–H and O–H groups in total. The number of aryl methyl sites for hydroxylation is 1. The van der Waals surface area contributed by atoms with Crippen LogP contribution < -0.4 is 11.5 Å². The fourth-order valence-electron chi connectivity index (χ4n) is 21.8. The van der Waals surface area contributed by atoms with Gasteiger partial charge >= 0.3 is 5.97 Å². The van der Waals surface area contributed by atoms with Crippen molar-refractivity contribution in [3.05, 3.63) is 110 Å². The van der Waals surface area contributed by atoms with Crippen molar-refractivity contribution in [2.24, 2.45) is 72.6 Å². The number of aliphatic imine (C=N–C) groups is 1. The Bertz CT molecular complexity index is 3260. The molecule has 0 radical (unpaired) electrons. The summed E-state index contributed by atoms with van der Waals surface area (Å²) in [6.07, 6.45) is 15.2. The van der Waals surface area contributed by atoms with Crippen LogP contribution in [-0.4, -0.2) is 88.7 Å². The smallest absolute Gasteiger partial charge is 0.331 e. The Labute approximate surface area is 432 Å². The largest absolute Gasteiger partial charge is 0.478 e. The van der Waals surface area contributed by atoms with E-state index in [1.54, 1.807) is 0 Å². The molecule has 0 aliphatic heterocycles. The van der Waals surface area contributed by atoms with Crippen molar-refractivity contribution in [3.8, 4) is 11.8 Å². The van der Waals surface area contributed by atoms with Crippen LogP contribution in [0.4, 0.5) is 0 Å². The Balaban J connectivity index is 1.19. The van der Waals surface area contributed by atoms with E-state index in [4.69, 9.17) is 16.5 Å². The maximum atomic E-state index is 16.8. The molecule has 0 amide bonds. The molecule has 5 fully saturated rings. The number of aliphatic carboxylic acids is 1. The Morgan fingerprint density at radius 2 is 1.66 bits per heavy atom. The maximum Gasteiger partial charge on any atom is 0.331 e. The zero-order chi connectivity index (χ0) is 52.0. The van der Waals surface area contributed by atoms with E-state index in [1.807, 2.05) is 37.3 Å². The topological polar surface area (TPSA) is 237 Å². The van der Waals surface area contributed by atoms with E-state index in [9.17, 15) is 24.9 Å². The van der Waals surface area contributed by atoms with E-state index in [1.165, 1.54) is 12.5 Å². The van der Waals surface area contributed by atoms with E-state index < -0.39 is 96.7 Å². The van der Waals surface area contributed by atoms with Crippen LogP contribution in [0, 0.1) is 68.0 Å². The first-order chi connectivity index (χ1) is 35.0. The lowest BCUT2D eigenvalue weighted by molar-refractivity contribution is -0.262. The SMILES string of the molecule is CC(C(=O)O)=C1CCC2(N=C(N)N)C=CC34C5C6=C(CC=C6C1(O)C2(O)C3C1(CO)CCCC1)CC1=CC2(O)C3=C6C(=O)CC4(C)C3(CCC#CCC3(C)C(=O)CCC6(C)C3C2C2=Cc3ccccc3CC2)C15O. The van der Waals surface area contributed by atoms with E-state index in [2.05, 4.69) is 50.0 Å². The summed E-state index contributed by atoms with van der Waals surface area (Å²) in [4.78, 5) is 50.2. The first-order valence-corrected chi connectivity index (χ1v) is 27.5. The number of Topliss-reactive ketones (excluding diaryl/α,β-unsaturated/α-hetero) is 2. The normalized spacial score (nSPS) is 47.6. The van der Waals surface area contributed by atoms with Gasteiger partial charge in [-0.05, 0) is 128 Å². The summed E-state index contributed by atoms with van der Waals surface area (Å²) in [5.41, 5.74) is 1.42. The first-order valence-electron chi connectivity index (χ1n) is 27.5. The molecular weight excluding hydrogens is 931 g/mol. The second-order valence-electron chi connectivity index (χ2n) is 26.2. The predicted molar refractivity (Wildman–Crippen MR) is 276 cm³/mol. The van der Waals surface area contributed by atoms with Gasteiger partial charge in [0.05, 0.1) is 0 Å². The molecule has 2 spiro atoms. The number of carboxylic acid groups (broad SMARTS) is 1. The third kappa shape index (κ3) is 4.60. The number of nitrogens with two attached hydrogens (primary N) is 2. The van der Waals surface area contributed by atoms with Gasteiger partial charge in [0.25, 0.3) is 0 Å². The number of carbonyl (C=O) groups excluding carboxylic acids is 2. The molecule has 12 nitrogen and oxygen atoms in total. The van der Waals surface area contributed by atoms with Gasteiger partial charge in [-0.25, -0.2) is 9.79 Å². The van der Waals surface area contributed by atoms with E-state index >= 15 is 20.1 Å². The fourth-order valence-corrected chi connectivity index (χ4v) is 21.8. The fraction of sp³-hybridized carbons (Fsp3) is 0.581. The molecule has 14 rings (SSSR count). The molecule has 0 saturated heterocycles. The minimum Gasteiger partial charge on any atom is -0.478 e. The van der Waals surface area contributed by atoms with Gasteiger partial charge < -0.3 is 42.1 Å². The third-order valence-corrected chi connectivity index (χ3v) is 24.0. The van der Waals surface area contributed by atoms with Crippen molar-refractivity contribution < 1.29 is 45.0 Å². The van der Waals surface area contributed by atoms with Gasteiger partial charge in [0, 0.05) is 88.3 Å². The second-order valence-corrected chi connectivity index (χ2v) is 26.2. The lowest BCUT2D eigenvalue weighted by Gasteiger charge is -2.73. The molecule has 5 saturated carbocycles. The van der Waals surface area contributed by atoms with Crippen molar-refractivity contribution in [2.45, 2.75) is 158 Å². The van der Waals surface area contributed by atoms with Crippen LogP contribution >= 0.6 is 0 Å². The average Bonchev–Trinajstić information content (AvgIpc) is 4.06. The molecule has 1 aromatic carbocycles. The van der Waals surface area contributed by atoms with Crippen molar-refractivity contribution in [1.29, 1.82) is 0 Å². The number of carboxylic acids is 1. The lowest BCUT2D eigenvalue weighted by Crippen LogP contribution is -2.80. The number of carbonyl (C=O) groups is 3. The number of aliphatic hydroxyl groups excluding tert-OH is 1. The van der Waals surface area contributed by atoms with Gasteiger partial charge in [-0.1, -0.05) is 93.3 Å². The number of ketones is 2. The molecule has 74 heavy (non-hydrogen) atoms. The van der Waals surface area contributed by atoms with Crippen LogP contribution in [0.3, 0.4) is 0 Å². The zero-order valence-corrected chi connectivity index (χ0v) is 43.0. The second kappa shape index (κ2) is 14.1. The quantitative estimate of drug-likeness (QED) is 0.0517. The summed E-state index contributed by atoms with van der Waals surface area (Å²) in [7, 11) is 0. The highest BCUT2D eigenvalue weighted by atomic mass is 16.4. The highest BCUT2D eigenvalue weighted by Crippen LogP contribution is 2.92. The molecule has 14 unspecified atom stereocenters. The highest BCUT2D eigenvalue weighted by molar-refractivity contribution is 6.03. The van der Waals surface area contributed by atoms with Crippen LogP contribution in [0.1, 0.15) is 135 Å². The number of benzene rings is 1. The molecule has 13 aliphatic carbocycles. The Kier molecular flexibility index (Phi) is 8.99. The minimum absolute atomic E-state index is 0.00841. The van der Waals surface area contributed by atoms with Gasteiger partial charge in [0.15, 0.2) is 11.7 Å². The lowest BCUT2D eigenvalue weighted by atomic mass is 9.31. The molecule has 386 valence electrons. The van der Waals surface area contributed by atoms with Gasteiger partial charge in [0.1, 0.15) is 33.7 Å². The van der Waals surface area contributed by atoms with Gasteiger partial charge in [0.2, 0.25) is 0 Å². The van der Waals surface area contributed by atoms with Crippen molar-refractivity contribution in [3.63, 3.8) is 0 Å². The first kappa shape index (κ1) is 47.3. The van der Waals surface area contributed by atoms with Crippen LogP contribution in [0.25, 0.3) is 6.08 Å². The third-order valence-electron chi connectivity index (χ3n) is 24.0. The average molecular weight is 1000 g/mol. The van der Waals surface area contributed by atoms with Gasteiger partial charge in [-0.15, -0.1) is 11.8 Å². The monoisotopic (exact) mass is 1000 g/mol. The van der Waals surface area contributed by atoms with Gasteiger partial charge in [-0.2, -0.15) is 0 Å². The summed E-state index contributed by atoms with van der Waals surface area (Å²) in [5.74, 6) is 1.88. The van der Waals surface area contributed by atoms with Crippen molar-refractivity contribution >= 4 is 29.6 Å². The summed E-state index contributed by atoms with van der Waals surface area (Å²) in [6.45, 7) is 7.30. The molecular formula is C62H69N3O9. The molecule has 12 heteroatoms. The Morgan fingerprint density at radius 3 is 2.39 bits per heavy atom. The number of guanidine groups is 1. The number of allylic oxidation sites excluding steroid dienone is 4. The molecule has 0 aromatic heterocycles. The molecule has 6 bridgehead atoms. The van der Waals surface area contributed by atoms with E-state index in [0.29, 0.717) is 72.8 Å². The van der Waals surface area contributed by atoms with Crippen LogP contribution in [0.15, 0.2) is 104 Å². The maximum absolute atomic E-state index is 16.8. The van der Waals surface area contributed by atoms with Gasteiger partial charge in [-0.3, -0.25) is 9.59 Å². The number of fused-ring (bicyclic) bond motifs is 3. The number of hydrogen-bond donors (Lipinski definition) is 8. The van der Waals surface area contributed by atoms with Crippen LogP contribution in [0.5, 0.6) is 0 Å². The highest BCUT2D eigenvalue weighted by Gasteiger charge is 2.94. The van der Waals surface area contributed by atoms with Crippen molar-refractivity contribution in [1.82, 2.24) is 0 Å². The van der Waals surface area contributed by atoms with E-state index in [0.717, 1.165) is 23.1 Å². The summed E-state index contributed by atoms with van der Waals surface area (Å²) >= 11 is 0. The number of hydrogen-bond acceptors (Lipinski definition) is 9. The minimum atomic E-state index is -2.51. The number of aliphatic hydroxyl groups is 5. The summed E-state index contributed by atoms with van der Waals surface area (Å²) < 4.78 is 0. The molecule has 13 aliphatic rings. The number of rotatable bonds is 5. The van der Waals surface area contributed by atoms with Crippen LogP contribution in [-0.2, 0) is 20.8 Å². The molecule has 0 heterocycles.